The van der Waals surface area contributed by atoms with Crippen molar-refractivity contribution in [3.8, 4) is 0 Å². The lowest BCUT2D eigenvalue weighted by Gasteiger charge is -2.26. The van der Waals surface area contributed by atoms with Crippen molar-refractivity contribution in [3.05, 3.63) is 137 Å². The summed E-state index contributed by atoms with van der Waals surface area (Å²) >= 11 is 1.67. The molecule has 35 heavy (non-hydrogen) atoms. The molecule has 0 bridgehead atoms. The van der Waals surface area contributed by atoms with E-state index in [4.69, 9.17) is 5.10 Å². The van der Waals surface area contributed by atoms with E-state index in [1.807, 2.05) is 35.5 Å². The van der Waals surface area contributed by atoms with E-state index in [-0.39, 0.29) is 0 Å². The Morgan fingerprint density at radius 3 is 1.94 bits per heavy atom. The van der Waals surface area contributed by atoms with Crippen LogP contribution in [0, 0.1) is 13.8 Å². The molecule has 5 rings (SSSR count). The van der Waals surface area contributed by atoms with Crippen molar-refractivity contribution in [2.75, 3.05) is 9.91 Å². The standard InChI is InChI=1S/C31H27N3S/c1-24-13-17-27(18-14-24)33(30-11-6-8-25(2)22-30)28-19-15-26(16-20-28)23-32-34(31-12-7-21-35-31)29-9-4-3-5-10-29/h3-23H,1-2H3. The van der Waals surface area contributed by atoms with Gasteiger partial charge in [-0.1, -0.05) is 60.2 Å². The monoisotopic (exact) mass is 473 g/mol. The summed E-state index contributed by atoms with van der Waals surface area (Å²) in [4.78, 5) is 2.29. The molecule has 0 amide bonds. The molecule has 0 unspecified atom stereocenters. The molecule has 0 aliphatic heterocycles. The van der Waals surface area contributed by atoms with Crippen molar-refractivity contribution in [3.63, 3.8) is 0 Å². The first-order valence-electron chi connectivity index (χ1n) is 11.6. The molecule has 5 aromatic rings. The van der Waals surface area contributed by atoms with Gasteiger partial charge in [-0.3, -0.25) is 0 Å². The lowest BCUT2D eigenvalue weighted by molar-refractivity contribution is 1.11. The van der Waals surface area contributed by atoms with Crippen molar-refractivity contribution >= 4 is 45.3 Å². The van der Waals surface area contributed by atoms with Gasteiger partial charge in [-0.25, -0.2) is 5.01 Å². The lowest BCUT2D eigenvalue weighted by Crippen LogP contribution is -2.10. The van der Waals surface area contributed by atoms with Crippen molar-refractivity contribution < 1.29 is 0 Å². The smallest absolute Gasteiger partial charge is 0.118 e. The van der Waals surface area contributed by atoms with E-state index in [1.165, 1.54) is 11.1 Å². The first-order chi connectivity index (χ1) is 17.2. The Balaban J connectivity index is 1.46. The van der Waals surface area contributed by atoms with Crippen LogP contribution >= 0.6 is 11.3 Å². The molecular weight excluding hydrogens is 446 g/mol. The topological polar surface area (TPSA) is 18.8 Å². The van der Waals surface area contributed by atoms with Gasteiger partial charge in [-0.2, -0.15) is 5.10 Å². The summed E-state index contributed by atoms with van der Waals surface area (Å²) in [6, 6.07) is 40.2. The minimum atomic E-state index is 1.04. The van der Waals surface area contributed by atoms with Crippen LogP contribution in [0.1, 0.15) is 16.7 Å². The molecule has 0 radical (unpaired) electrons. The molecule has 0 aliphatic rings. The molecule has 0 fully saturated rings. The van der Waals surface area contributed by atoms with Gasteiger partial charge in [0.15, 0.2) is 0 Å². The number of rotatable bonds is 7. The maximum atomic E-state index is 4.82. The summed E-state index contributed by atoms with van der Waals surface area (Å²) in [5.74, 6) is 0. The number of para-hydroxylation sites is 1. The zero-order valence-electron chi connectivity index (χ0n) is 19.9. The molecule has 0 saturated carbocycles. The highest BCUT2D eigenvalue weighted by Gasteiger charge is 2.13. The second-order valence-corrected chi connectivity index (χ2v) is 9.37. The van der Waals surface area contributed by atoms with Crippen molar-refractivity contribution in [1.82, 2.24) is 0 Å². The van der Waals surface area contributed by atoms with Gasteiger partial charge >= 0.3 is 0 Å². The minimum Gasteiger partial charge on any atom is -0.310 e. The number of benzene rings is 4. The SMILES string of the molecule is Cc1ccc(N(c2ccc(C=NN(c3ccccc3)c3cccs3)cc2)c2cccc(C)c2)cc1. The zero-order valence-corrected chi connectivity index (χ0v) is 20.7. The third-order valence-corrected chi connectivity index (χ3v) is 6.58. The Labute approximate surface area is 211 Å². The van der Waals surface area contributed by atoms with E-state index in [1.54, 1.807) is 11.3 Å². The molecule has 1 heterocycles. The van der Waals surface area contributed by atoms with E-state index in [2.05, 4.69) is 115 Å². The predicted octanol–water partition coefficient (Wildman–Crippen LogP) is 9.01. The van der Waals surface area contributed by atoms with E-state index < -0.39 is 0 Å². The Bertz CT molecular complexity index is 1390. The molecule has 0 N–H and O–H groups in total. The highest BCUT2D eigenvalue weighted by molar-refractivity contribution is 7.14. The second-order valence-electron chi connectivity index (χ2n) is 8.44. The van der Waals surface area contributed by atoms with Gasteiger partial charge < -0.3 is 4.90 Å². The van der Waals surface area contributed by atoms with Crippen molar-refractivity contribution in [2.24, 2.45) is 5.10 Å². The number of thiophene rings is 1. The quantitative estimate of drug-likeness (QED) is 0.173. The fourth-order valence-electron chi connectivity index (χ4n) is 3.95. The van der Waals surface area contributed by atoms with E-state index >= 15 is 0 Å². The normalized spacial score (nSPS) is 11.0. The van der Waals surface area contributed by atoms with Crippen LogP contribution in [-0.2, 0) is 0 Å². The first-order valence-corrected chi connectivity index (χ1v) is 12.5. The van der Waals surface area contributed by atoms with Gasteiger partial charge in [0, 0.05) is 17.1 Å². The first kappa shape index (κ1) is 22.6. The van der Waals surface area contributed by atoms with Gasteiger partial charge in [0.2, 0.25) is 0 Å². The molecule has 0 atom stereocenters. The summed E-state index contributed by atoms with van der Waals surface area (Å²) in [7, 11) is 0. The van der Waals surface area contributed by atoms with E-state index in [0.717, 1.165) is 33.3 Å². The summed E-state index contributed by atoms with van der Waals surface area (Å²) in [6.45, 7) is 4.24. The maximum absolute atomic E-state index is 4.82. The van der Waals surface area contributed by atoms with Crippen LogP contribution in [0.5, 0.6) is 0 Å². The van der Waals surface area contributed by atoms with E-state index in [9.17, 15) is 0 Å². The Kier molecular flexibility index (Phi) is 6.73. The largest absolute Gasteiger partial charge is 0.310 e. The van der Waals surface area contributed by atoms with Crippen LogP contribution in [0.15, 0.2) is 126 Å². The van der Waals surface area contributed by atoms with Gasteiger partial charge in [0.25, 0.3) is 0 Å². The van der Waals surface area contributed by atoms with Crippen LogP contribution in [-0.4, -0.2) is 6.21 Å². The van der Waals surface area contributed by atoms with Crippen LogP contribution in [0.3, 0.4) is 0 Å². The number of hydrazone groups is 1. The molecular formula is C31H27N3S. The molecule has 0 spiro atoms. The van der Waals surface area contributed by atoms with E-state index in [0.29, 0.717) is 0 Å². The average molecular weight is 474 g/mol. The second kappa shape index (κ2) is 10.4. The molecule has 0 aliphatic carbocycles. The van der Waals surface area contributed by atoms with Crippen LogP contribution in [0.25, 0.3) is 0 Å². The van der Waals surface area contributed by atoms with Gasteiger partial charge in [-0.05, 0) is 91.0 Å². The summed E-state index contributed by atoms with van der Waals surface area (Å²) < 4.78 is 0. The summed E-state index contributed by atoms with van der Waals surface area (Å²) in [6.07, 6.45) is 1.92. The molecule has 0 saturated heterocycles. The molecule has 1 aromatic heterocycles. The number of anilines is 5. The van der Waals surface area contributed by atoms with Crippen LogP contribution < -0.4 is 9.91 Å². The maximum Gasteiger partial charge on any atom is 0.118 e. The molecule has 172 valence electrons. The highest BCUT2D eigenvalue weighted by Crippen LogP contribution is 2.35. The highest BCUT2D eigenvalue weighted by atomic mass is 32.1. The molecule has 3 nitrogen and oxygen atoms in total. The Hall–Kier alpha value is -4.15. The number of nitrogens with zero attached hydrogens (tertiary/aromatic N) is 3. The predicted molar refractivity (Wildman–Crippen MR) is 151 cm³/mol. The fourth-order valence-corrected chi connectivity index (χ4v) is 4.66. The zero-order chi connectivity index (χ0) is 24.0. The van der Waals surface area contributed by atoms with Crippen LogP contribution in [0.4, 0.5) is 27.8 Å². The molecule has 4 heteroatoms. The lowest BCUT2D eigenvalue weighted by atomic mass is 10.1. The van der Waals surface area contributed by atoms with Crippen LogP contribution in [0.2, 0.25) is 0 Å². The van der Waals surface area contributed by atoms with Crippen molar-refractivity contribution in [2.45, 2.75) is 13.8 Å². The van der Waals surface area contributed by atoms with Crippen molar-refractivity contribution in [1.29, 1.82) is 0 Å². The summed E-state index contributed by atoms with van der Waals surface area (Å²) in [5.41, 5.74) is 7.94. The average Bonchev–Trinajstić information content (AvgIpc) is 3.42. The number of hydrogen-bond acceptors (Lipinski definition) is 4. The third kappa shape index (κ3) is 5.34. The minimum absolute atomic E-state index is 1.04. The Morgan fingerprint density at radius 1 is 0.600 bits per heavy atom. The Morgan fingerprint density at radius 2 is 1.29 bits per heavy atom. The van der Waals surface area contributed by atoms with Gasteiger partial charge in [-0.15, -0.1) is 11.3 Å². The van der Waals surface area contributed by atoms with Gasteiger partial charge in [0.1, 0.15) is 5.00 Å². The third-order valence-electron chi connectivity index (χ3n) is 5.74. The van der Waals surface area contributed by atoms with Gasteiger partial charge in [0.05, 0.1) is 11.9 Å². The summed E-state index contributed by atoms with van der Waals surface area (Å²) in [5, 5.41) is 9.95. The molecule has 4 aromatic carbocycles. The number of hydrogen-bond donors (Lipinski definition) is 0. The number of aryl methyl sites for hydroxylation is 2. The fraction of sp³-hybridized carbons (Fsp3) is 0.0645.